The second kappa shape index (κ2) is 19.9. The molecule has 0 fully saturated rings. The second-order valence-corrected chi connectivity index (χ2v) is 16.4. The molecule has 0 amide bonds. The van der Waals surface area contributed by atoms with Crippen LogP contribution in [0.15, 0.2) is 146 Å². The van der Waals surface area contributed by atoms with Crippen molar-refractivity contribution in [1.82, 2.24) is 0 Å². The Hall–Kier alpha value is -3.03. The van der Waals surface area contributed by atoms with E-state index in [9.17, 15) is 0 Å². The van der Waals surface area contributed by atoms with Crippen molar-refractivity contribution in [1.29, 1.82) is 0 Å². The minimum atomic E-state index is -1.54. The standard InChI is InChI=1S/C18H15P.C15H20OSi.2CO.Fe/c1-4-10-16(11-5-1)19(17-12-6-2-7-13-17)18-14-8-3-9-15-18;1-17(2,3)16-15(14-11-7-8-12-14)13-9-5-4-6-10-13;2*1-2;/h1-15H;4-12,14-15H,1-3H3;;;. The molecule has 1 unspecified atom stereocenters. The van der Waals surface area contributed by atoms with Gasteiger partial charge in [0.25, 0.3) is 0 Å². The molecule has 4 aromatic rings. The summed E-state index contributed by atoms with van der Waals surface area (Å²) in [5.74, 6) is 0.379. The summed E-state index contributed by atoms with van der Waals surface area (Å²) < 4.78 is 21.3. The number of rotatable bonds is 7. The number of allylic oxidation sites excluding steroid dienone is 2. The van der Waals surface area contributed by atoms with Gasteiger partial charge in [0.2, 0.25) is 0 Å². The van der Waals surface area contributed by atoms with E-state index in [1.807, 2.05) is 0 Å². The first-order chi connectivity index (χ1) is 19.5. The Morgan fingerprint density at radius 1 is 0.585 bits per heavy atom. The van der Waals surface area contributed by atoms with E-state index in [0.717, 1.165) is 0 Å². The molecule has 4 aromatic carbocycles. The van der Waals surface area contributed by atoms with Gasteiger partial charge in [0.1, 0.15) is 0 Å². The molecule has 0 aromatic heterocycles. The smallest absolute Gasteiger partial charge is 0 e. The van der Waals surface area contributed by atoms with Crippen LogP contribution in [0.25, 0.3) is 0 Å². The summed E-state index contributed by atoms with van der Waals surface area (Å²) >= 11 is 0. The Kier molecular flexibility index (Phi) is 17.5. The normalized spacial score (nSPS) is 12.3. The maximum Gasteiger partial charge on any atom is 0 e. The molecule has 3 nitrogen and oxygen atoms in total. The van der Waals surface area contributed by atoms with E-state index in [-0.39, 0.29) is 23.2 Å². The maximum atomic E-state index is 7.50. The first-order valence-corrected chi connectivity index (χ1v) is 17.7. The molecule has 5 rings (SSSR count). The summed E-state index contributed by atoms with van der Waals surface area (Å²) in [7, 11) is -1.98. The van der Waals surface area contributed by atoms with Crippen LogP contribution in [-0.4, -0.2) is 8.32 Å². The van der Waals surface area contributed by atoms with Crippen molar-refractivity contribution in [3.63, 3.8) is 0 Å². The van der Waals surface area contributed by atoms with E-state index in [2.05, 4.69) is 179 Å². The zero-order valence-electron chi connectivity index (χ0n) is 23.5. The van der Waals surface area contributed by atoms with Crippen molar-refractivity contribution < 1.29 is 30.8 Å². The van der Waals surface area contributed by atoms with Gasteiger partial charge in [0.05, 0.1) is 6.10 Å². The fourth-order valence-corrected chi connectivity index (χ4v) is 7.58. The Labute approximate surface area is 258 Å². The van der Waals surface area contributed by atoms with Gasteiger partial charge >= 0.3 is 22.6 Å². The summed E-state index contributed by atoms with van der Waals surface area (Å²) in [6.07, 6.45) is 8.82. The van der Waals surface area contributed by atoms with Crippen LogP contribution in [0.2, 0.25) is 19.6 Å². The molecular weight excluding hydrogens is 583 g/mol. The molecular formula is C35H35FeO3PSi. The summed E-state index contributed by atoms with van der Waals surface area (Å²) in [6.45, 7) is 15.7. The van der Waals surface area contributed by atoms with Crippen LogP contribution >= 0.6 is 7.92 Å². The number of benzene rings is 4. The number of hydrogen-bond donors (Lipinski definition) is 0. The second-order valence-electron chi connectivity index (χ2n) is 9.75. The van der Waals surface area contributed by atoms with Gasteiger partial charge in [-0.1, -0.05) is 146 Å². The molecule has 0 saturated heterocycles. The van der Waals surface area contributed by atoms with Crippen LogP contribution < -0.4 is 15.9 Å². The summed E-state index contributed by atoms with van der Waals surface area (Å²) in [5, 5.41) is 4.19. The molecule has 1 aliphatic carbocycles. The Morgan fingerprint density at radius 2 is 0.902 bits per heavy atom. The quantitative estimate of drug-likeness (QED) is 0.0907. The van der Waals surface area contributed by atoms with Crippen LogP contribution in [0, 0.1) is 19.2 Å². The fraction of sp³-hybridized carbons (Fsp3) is 0.143. The van der Waals surface area contributed by atoms with E-state index >= 15 is 0 Å². The summed E-state index contributed by atoms with van der Waals surface area (Å²) in [4.78, 5) is 0. The molecule has 0 N–H and O–H groups in total. The molecule has 1 atom stereocenters. The van der Waals surface area contributed by atoms with Gasteiger partial charge < -0.3 is 4.43 Å². The number of hydrogen-bond acceptors (Lipinski definition) is 1. The summed E-state index contributed by atoms with van der Waals surface area (Å²) in [5.41, 5.74) is 1.27. The van der Waals surface area contributed by atoms with Crippen molar-refractivity contribution in [2.45, 2.75) is 25.7 Å². The van der Waals surface area contributed by atoms with Crippen LogP contribution in [-0.2, 0) is 30.8 Å². The van der Waals surface area contributed by atoms with Crippen molar-refractivity contribution in [3.8, 4) is 0 Å². The van der Waals surface area contributed by atoms with Gasteiger partial charge in [-0.05, 0) is 49.0 Å². The molecule has 210 valence electrons. The topological polar surface area (TPSA) is 49.0 Å². The first-order valence-electron chi connectivity index (χ1n) is 13.0. The SMILES string of the molecule is C[Si](C)(C)OC(c1ccccc1)C1C=CC=C1.[C-]#[O+].[C-]#[O+].[Fe].c1ccc(P(c2ccccc2)c2ccccc2)cc1. The van der Waals surface area contributed by atoms with Crippen LogP contribution in [0.1, 0.15) is 11.7 Å². The van der Waals surface area contributed by atoms with E-state index in [1.54, 1.807) is 0 Å². The Bertz CT molecular complexity index is 1220. The van der Waals surface area contributed by atoms with E-state index in [1.165, 1.54) is 21.5 Å². The molecule has 0 heterocycles. The molecule has 0 aliphatic heterocycles. The van der Waals surface area contributed by atoms with Gasteiger partial charge in [0, 0.05) is 23.0 Å². The fourth-order valence-electron chi connectivity index (χ4n) is 4.22. The third kappa shape index (κ3) is 12.2. The molecule has 6 heteroatoms. The molecule has 0 saturated carbocycles. The minimum absolute atomic E-state index is 0. The molecule has 41 heavy (non-hydrogen) atoms. The van der Waals surface area contributed by atoms with E-state index in [4.69, 9.17) is 13.7 Å². The monoisotopic (exact) mass is 618 g/mol. The first kappa shape index (κ1) is 36.0. The molecule has 0 radical (unpaired) electrons. The van der Waals surface area contributed by atoms with E-state index < -0.39 is 16.2 Å². The molecule has 0 bridgehead atoms. The van der Waals surface area contributed by atoms with Crippen molar-refractivity contribution in [3.05, 3.63) is 164 Å². The zero-order chi connectivity index (χ0) is 29.2. The Balaban J connectivity index is 0.000000360. The summed E-state index contributed by atoms with van der Waals surface area (Å²) in [6, 6.07) is 42.9. The molecule has 0 spiro atoms. The van der Waals surface area contributed by atoms with Crippen LogP contribution in [0.3, 0.4) is 0 Å². The maximum absolute atomic E-state index is 7.50. The van der Waals surface area contributed by atoms with Crippen molar-refractivity contribution >= 4 is 32.2 Å². The third-order valence-electron chi connectivity index (χ3n) is 5.78. The average Bonchev–Trinajstić information content (AvgIpc) is 3.55. The van der Waals surface area contributed by atoms with Gasteiger partial charge in [0.15, 0.2) is 8.32 Å². The van der Waals surface area contributed by atoms with Gasteiger partial charge in [-0.3, -0.25) is 0 Å². The van der Waals surface area contributed by atoms with Crippen molar-refractivity contribution in [2.24, 2.45) is 5.92 Å². The van der Waals surface area contributed by atoms with Gasteiger partial charge in [-0.2, -0.15) is 0 Å². The predicted molar refractivity (Wildman–Crippen MR) is 168 cm³/mol. The predicted octanol–water partition coefficient (Wildman–Crippen LogP) is 7.69. The van der Waals surface area contributed by atoms with E-state index in [0.29, 0.717) is 5.92 Å². The van der Waals surface area contributed by atoms with Crippen LogP contribution in [0.4, 0.5) is 0 Å². The van der Waals surface area contributed by atoms with Gasteiger partial charge in [-0.15, -0.1) is 0 Å². The Morgan fingerprint density at radius 3 is 1.22 bits per heavy atom. The molecule has 1 aliphatic rings. The largest absolute Gasteiger partial charge is 0.0622 e. The minimum Gasteiger partial charge on any atom is -0.0622 e. The van der Waals surface area contributed by atoms with Gasteiger partial charge in [-0.25, -0.2) is 0 Å². The van der Waals surface area contributed by atoms with Crippen LogP contribution in [0.5, 0.6) is 0 Å². The third-order valence-corrected chi connectivity index (χ3v) is 9.18. The van der Waals surface area contributed by atoms with Crippen molar-refractivity contribution in [2.75, 3.05) is 0 Å². The average molecular weight is 619 g/mol. The zero-order valence-corrected chi connectivity index (χ0v) is 26.5.